The maximum absolute atomic E-state index is 12.6. The van der Waals surface area contributed by atoms with Gasteiger partial charge in [-0.15, -0.1) is 0 Å². The Labute approximate surface area is 171 Å². The van der Waals surface area contributed by atoms with Crippen LogP contribution in [0.1, 0.15) is 36.5 Å². The second-order valence-electron chi connectivity index (χ2n) is 6.89. The number of sulfonamides is 2. The molecule has 0 unspecified atom stereocenters. The van der Waals surface area contributed by atoms with Crippen LogP contribution in [0.2, 0.25) is 5.02 Å². The van der Waals surface area contributed by atoms with Gasteiger partial charge in [-0.05, 0) is 37.5 Å². The van der Waals surface area contributed by atoms with Crippen molar-refractivity contribution in [3.63, 3.8) is 0 Å². The maximum atomic E-state index is 12.6. The lowest BCUT2D eigenvalue weighted by Gasteiger charge is -2.31. The molecule has 0 saturated carbocycles. The van der Waals surface area contributed by atoms with Crippen molar-refractivity contribution in [1.82, 2.24) is 13.9 Å². The van der Waals surface area contributed by atoms with E-state index in [1.165, 1.54) is 36.6 Å². The highest BCUT2D eigenvalue weighted by molar-refractivity contribution is 7.89. The lowest BCUT2D eigenvalue weighted by molar-refractivity contribution is 0.0924. The molecule has 1 aliphatic heterocycles. The fraction of sp³-hybridized carbons (Fsp3) is 0.588. The second kappa shape index (κ2) is 9.08. The molecule has 1 fully saturated rings. The summed E-state index contributed by atoms with van der Waals surface area (Å²) in [5.74, 6) is -0.358. The number of carbonyl (C=O) groups excluding carboxylic acids is 1. The molecule has 11 heteroatoms. The molecule has 0 spiro atoms. The van der Waals surface area contributed by atoms with Gasteiger partial charge in [0.1, 0.15) is 0 Å². The van der Waals surface area contributed by atoms with Gasteiger partial charge in [-0.3, -0.25) is 4.79 Å². The monoisotopic (exact) mass is 451 g/mol. The van der Waals surface area contributed by atoms with Crippen LogP contribution in [0, 0.1) is 0 Å². The topological polar surface area (TPSA) is 104 Å². The number of benzene rings is 1. The van der Waals surface area contributed by atoms with Crippen molar-refractivity contribution in [3.05, 3.63) is 28.8 Å². The minimum Gasteiger partial charge on any atom is -0.349 e. The molecule has 0 atom stereocenters. The average Bonchev–Trinajstić information content (AvgIpc) is 2.62. The van der Waals surface area contributed by atoms with Gasteiger partial charge in [-0.2, -0.15) is 0 Å². The number of piperidine rings is 1. The quantitative estimate of drug-likeness (QED) is 0.676. The molecule has 28 heavy (non-hydrogen) atoms. The van der Waals surface area contributed by atoms with Gasteiger partial charge < -0.3 is 5.32 Å². The molecule has 1 aromatic carbocycles. The number of hydrogen-bond acceptors (Lipinski definition) is 5. The van der Waals surface area contributed by atoms with Crippen molar-refractivity contribution in [2.45, 2.75) is 37.1 Å². The molecule has 0 aliphatic carbocycles. The van der Waals surface area contributed by atoms with Gasteiger partial charge >= 0.3 is 0 Å². The number of rotatable bonds is 7. The third kappa shape index (κ3) is 5.24. The zero-order chi connectivity index (χ0) is 21.1. The second-order valence-corrected chi connectivity index (χ2v) is 11.5. The van der Waals surface area contributed by atoms with E-state index in [1.54, 1.807) is 0 Å². The normalized spacial score (nSPS) is 17.0. The Bertz CT molecular complexity index is 924. The Morgan fingerprint density at radius 2 is 1.82 bits per heavy atom. The van der Waals surface area contributed by atoms with E-state index in [4.69, 9.17) is 11.6 Å². The molecule has 2 rings (SSSR count). The molecule has 0 aromatic heterocycles. The highest BCUT2D eigenvalue weighted by atomic mass is 35.5. The van der Waals surface area contributed by atoms with Crippen molar-refractivity contribution >= 4 is 37.6 Å². The smallest absolute Gasteiger partial charge is 0.253 e. The molecular weight excluding hydrogens is 426 g/mol. The molecule has 1 aromatic rings. The van der Waals surface area contributed by atoms with Crippen LogP contribution in [-0.2, 0) is 20.0 Å². The molecule has 1 aliphatic rings. The molecule has 8 nitrogen and oxygen atoms in total. The van der Waals surface area contributed by atoms with Crippen molar-refractivity contribution in [3.8, 4) is 0 Å². The van der Waals surface area contributed by atoms with Crippen molar-refractivity contribution in [2.24, 2.45) is 0 Å². The number of amides is 1. The van der Waals surface area contributed by atoms with Gasteiger partial charge in [0, 0.05) is 33.2 Å². The van der Waals surface area contributed by atoms with E-state index in [0.717, 1.165) is 4.31 Å². The first-order chi connectivity index (χ1) is 13.0. The van der Waals surface area contributed by atoms with Crippen LogP contribution in [0.15, 0.2) is 23.1 Å². The number of nitrogens with zero attached hydrogens (tertiary/aromatic N) is 2. The van der Waals surface area contributed by atoms with Gasteiger partial charge in [0.25, 0.3) is 5.91 Å². The van der Waals surface area contributed by atoms with E-state index < -0.39 is 26.0 Å². The Kier molecular flexibility index (Phi) is 7.49. The highest BCUT2D eigenvalue weighted by Gasteiger charge is 2.29. The lowest BCUT2D eigenvalue weighted by atomic mass is 10.1. The Balaban J connectivity index is 2.09. The summed E-state index contributed by atoms with van der Waals surface area (Å²) in [5, 5.41) is 2.99. The molecule has 1 amide bonds. The summed E-state index contributed by atoms with van der Waals surface area (Å²) >= 11 is 6.10. The van der Waals surface area contributed by atoms with Crippen molar-refractivity contribution in [1.29, 1.82) is 0 Å². The van der Waals surface area contributed by atoms with Gasteiger partial charge in [0.15, 0.2) is 0 Å². The fourth-order valence-corrected chi connectivity index (χ4v) is 5.65. The van der Waals surface area contributed by atoms with Crippen LogP contribution in [0.3, 0.4) is 0 Å². The van der Waals surface area contributed by atoms with Gasteiger partial charge in [0.2, 0.25) is 20.0 Å². The first-order valence-electron chi connectivity index (χ1n) is 8.99. The van der Waals surface area contributed by atoms with E-state index in [-0.39, 0.29) is 27.3 Å². The molecule has 158 valence electrons. The zero-order valence-electron chi connectivity index (χ0n) is 16.2. The van der Waals surface area contributed by atoms with Crippen LogP contribution in [0.5, 0.6) is 0 Å². The molecular formula is C17H26ClN3O5S2. The Morgan fingerprint density at radius 3 is 2.36 bits per heavy atom. The fourth-order valence-electron chi connectivity index (χ4n) is 2.98. The van der Waals surface area contributed by atoms with E-state index in [2.05, 4.69) is 5.32 Å². The molecule has 0 bridgehead atoms. The zero-order valence-corrected chi connectivity index (χ0v) is 18.6. The summed E-state index contributed by atoms with van der Waals surface area (Å²) in [4.78, 5) is 12.6. The number of halogens is 1. The summed E-state index contributed by atoms with van der Waals surface area (Å²) in [6.07, 6.45) is 1.54. The van der Waals surface area contributed by atoms with Crippen LogP contribution in [-0.4, -0.2) is 70.3 Å². The first-order valence-corrected chi connectivity index (χ1v) is 12.4. The van der Waals surface area contributed by atoms with E-state index >= 15 is 0 Å². The Hall–Kier alpha value is -1.20. The average molecular weight is 452 g/mol. The van der Waals surface area contributed by atoms with Crippen LogP contribution in [0.4, 0.5) is 0 Å². The molecule has 1 N–H and O–H groups in total. The maximum Gasteiger partial charge on any atom is 0.253 e. The predicted octanol–water partition coefficient (Wildman–Crippen LogP) is 1.52. The highest BCUT2D eigenvalue weighted by Crippen LogP contribution is 2.23. The van der Waals surface area contributed by atoms with Crippen molar-refractivity contribution < 1.29 is 21.6 Å². The minimum atomic E-state index is -3.69. The van der Waals surface area contributed by atoms with Crippen LogP contribution in [0.25, 0.3) is 0 Å². The van der Waals surface area contributed by atoms with E-state index in [9.17, 15) is 21.6 Å². The van der Waals surface area contributed by atoms with Crippen LogP contribution < -0.4 is 5.32 Å². The summed E-state index contributed by atoms with van der Waals surface area (Å²) < 4.78 is 51.3. The number of carbonyl (C=O) groups is 1. The third-order valence-electron chi connectivity index (χ3n) is 4.61. The number of nitrogens with one attached hydrogen (secondary N) is 1. The summed E-state index contributed by atoms with van der Waals surface area (Å²) in [7, 11) is -4.12. The summed E-state index contributed by atoms with van der Waals surface area (Å²) in [6, 6.07) is 3.79. The number of hydrogen-bond donors (Lipinski definition) is 1. The Morgan fingerprint density at radius 1 is 1.21 bits per heavy atom. The molecule has 1 heterocycles. The van der Waals surface area contributed by atoms with Crippen molar-refractivity contribution in [2.75, 3.05) is 32.9 Å². The summed E-state index contributed by atoms with van der Waals surface area (Å²) in [5.41, 5.74) is 0.0747. The van der Waals surface area contributed by atoms with Gasteiger partial charge in [-0.25, -0.2) is 25.4 Å². The largest absolute Gasteiger partial charge is 0.349 e. The first kappa shape index (κ1) is 23.1. The molecule has 0 radical (unpaired) electrons. The lowest BCUT2D eigenvalue weighted by Crippen LogP contribution is -2.47. The third-order valence-corrected chi connectivity index (χ3v) is 8.82. The standard InChI is InChI=1S/C17H26ClN3O5S2/c1-4-11-27(23,24)21-9-7-13(8-10-21)19-17(22)15-12-14(5-6-16(15)18)28(25,26)20(2)3/h5-6,12-13H,4,7-11H2,1-3H3,(H,19,22). The van der Waals surface area contributed by atoms with E-state index in [1.807, 2.05) is 6.92 Å². The molecule has 1 saturated heterocycles. The van der Waals surface area contributed by atoms with Gasteiger partial charge in [-0.1, -0.05) is 18.5 Å². The minimum absolute atomic E-state index is 0.0208. The van der Waals surface area contributed by atoms with Crippen LogP contribution >= 0.6 is 11.6 Å². The SMILES string of the molecule is CCCS(=O)(=O)N1CCC(NC(=O)c2cc(S(=O)(=O)N(C)C)ccc2Cl)CC1. The van der Waals surface area contributed by atoms with E-state index in [0.29, 0.717) is 32.4 Å². The van der Waals surface area contributed by atoms with Gasteiger partial charge in [0.05, 0.1) is 21.2 Å². The summed E-state index contributed by atoms with van der Waals surface area (Å²) in [6.45, 7) is 2.50. The predicted molar refractivity (Wildman–Crippen MR) is 108 cm³/mol.